The lowest BCUT2D eigenvalue weighted by Gasteiger charge is -2.28. The van der Waals surface area contributed by atoms with Gasteiger partial charge in [0.15, 0.2) is 0 Å². The van der Waals surface area contributed by atoms with Crippen LogP contribution in [0.2, 0.25) is 0 Å². The number of aryl methyl sites for hydroxylation is 2. The average Bonchev–Trinajstić information content (AvgIpc) is 2.27. The lowest BCUT2D eigenvalue weighted by atomic mass is 10.2. The highest BCUT2D eigenvalue weighted by Gasteiger charge is 2.13. The van der Waals surface area contributed by atoms with Crippen LogP contribution in [0.1, 0.15) is 31.8 Å². The van der Waals surface area contributed by atoms with Gasteiger partial charge in [-0.1, -0.05) is 5.16 Å². The number of aromatic nitrogens is 2. The van der Waals surface area contributed by atoms with Crippen molar-refractivity contribution in [3.8, 4) is 0 Å². The molecule has 6 heteroatoms. The molecular weight excluding hydrogens is 230 g/mol. The van der Waals surface area contributed by atoms with Crippen LogP contribution in [0.25, 0.3) is 0 Å². The second-order valence-electron chi connectivity index (χ2n) is 4.54. The maximum atomic E-state index is 8.56. The minimum absolute atomic E-state index is 0.225. The van der Waals surface area contributed by atoms with Crippen molar-refractivity contribution in [2.45, 2.75) is 40.2 Å². The maximum Gasteiger partial charge on any atom is 0.140 e. The summed E-state index contributed by atoms with van der Waals surface area (Å²) in [5, 5.41) is 11.5. The fraction of sp³-hybridized carbons (Fsp3) is 0.583. The van der Waals surface area contributed by atoms with E-state index in [-0.39, 0.29) is 11.9 Å². The molecule has 100 valence electrons. The first-order valence-corrected chi connectivity index (χ1v) is 5.99. The average molecular weight is 251 g/mol. The summed E-state index contributed by atoms with van der Waals surface area (Å²) in [6.07, 6.45) is 0.497. The van der Waals surface area contributed by atoms with Crippen molar-refractivity contribution in [2.24, 2.45) is 10.9 Å². The first kappa shape index (κ1) is 14.2. The fourth-order valence-electron chi connectivity index (χ4n) is 1.77. The van der Waals surface area contributed by atoms with Crippen LogP contribution in [0.5, 0.6) is 0 Å². The second-order valence-corrected chi connectivity index (χ2v) is 4.54. The third-order valence-electron chi connectivity index (χ3n) is 2.61. The molecule has 3 N–H and O–H groups in total. The van der Waals surface area contributed by atoms with Gasteiger partial charge in [0.05, 0.1) is 0 Å². The van der Waals surface area contributed by atoms with Crippen molar-refractivity contribution in [2.75, 3.05) is 11.4 Å². The molecule has 0 saturated carbocycles. The Hall–Kier alpha value is -1.85. The highest BCUT2D eigenvalue weighted by Crippen LogP contribution is 2.15. The van der Waals surface area contributed by atoms with E-state index in [1.54, 1.807) is 0 Å². The van der Waals surface area contributed by atoms with E-state index in [1.807, 2.05) is 19.9 Å². The van der Waals surface area contributed by atoms with Crippen LogP contribution >= 0.6 is 0 Å². The number of amidine groups is 1. The Morgan fingerprint density at radius 3 is 2.61 bits per heavy atom. The van der Waals surface area contributed by atoms with Crippen LogP contribution in [0.3, 0.4) is 0 Å². The van der Waals surface area contributed by atoms with Crippen molar-refractivity contribution in [3.05, 3.63) is 17.6 Å². The van der Waals surface area contributed by atoms with Crippen LogP contribution in [-0.2, 0) is 0 Å². The van der Waals surface area contributed by atoms with Gasteiger partial charge < -0.3 is 15.8 Å². The molecule has 0 aromatic carbocycles. The summed E-state index contributed by atoms with van der Waals surface area (Å²) in [4.78, 5) is 10.8. The summed E-state index contributed by atoms with van der Waals surface area (Å²) in [6, 6.07) is 2.23. The van der Waals surface area contributed by atoms with E-state index in [9.17, 15) is 0 Å². The molecule has 18 heavy (non-hydrogen) atoms. The SMILES string of the molecule is Cc1cc(N(CCC(N)=NO)C(C)C)nc(C)n1. The molecule has 1 heterocycles. The Kier molecular flexibility index (Phi) is 4.88. The van der Waals surface area contributed by atoms with E-state index in [0.29, 0.717) is 13.0 Å². The molecule has 1 aromatic heterocycles. The normalized spacial score (nSPS) is 11.9. The summed E-state index contributed by atoms with van der Waals surface area (Å²) in [6.45, 7) is 8.64. The van der Waals surface area contributed by atoms with Crippen LogP contribution < -0.4 is 10.6 Å². The van der Waals surface area contributed by atoms with Crippen LogP contribution in [-0.4, -0.2) is 33.6 Å². The van der Waals surface area contributed by atoms with E-state index in [2.05, 4.69) is 33.9 Å². The Balaban J connectivity index is 2.90. The van der Waals surface area contributed by atoms with Gasteiger partial charge in [0.1, 0.15) is 17.5 Å². The Morgan fingerprint density at radius 1 is 1.44 bits per heavy atom. The van der Waals surface area contributed by atoms with Gasteiger partial charge in [-0.15, -0.1) is 0 Å². The largest absolute Gasteiger partial charge is 0.409 e. The standard InChI is InChI=1S/C12H21N5O/c1-8(2)17(6-5-11(13)16-18)12-7-9(3)14-10(4)15-12/h7-8,18H,5-6H2,1-4H3,(H2,13,16). The summed E-state index contributed by atoms with van der Waals surface area (Å²) >= 11 is 0. The first-order valence-electron chi connectivity index (χ1n) is 5.99. The third kappa shape index (κ3) is 3.87. The number of hydrogen-bond acceptors (Lipinski definition) is 5. The van der Waals surface area contributed by atoms with Crippen LogP contribution in [0, 0.1) is 13.8 Å². The lowest BCUT2D eigenvalue weighted by Crippen LogP contribution is -2.35. The Labute approximate surface area is 108 Å². The number of oxime groups is 1. The van der Waals surface area contributed by atoms with Crippen molar-refractivity contribution >= 4 is 11.7 Å². The number of nitrogens with zero attached hydrogens (tertiary/aromatic N) is 4. The van der Waals surface area contributed by atoms with Crippen molar-refractivity contribution in [1.82, 2.24) is 9.97 Å². The van der Waals surface area contributed by atoms with Gasteiger partial charge in [0.2, 0.25) is 0 Å². The molecule has 0 spiro atoms. The minimum Gasteiger partial charge on any atom is -0.409 e. The quantitative estimate of drug-likeness (QED) is 0.358. The Bertz CT molecular complexity index is 410. The molecule has 1 aromatic rings. The highest BCUT2D eigenvalue weighted by molar-refractivity contribution is 5.80. The van der Waals surface area contributed by atoms with Gasteiger partial charge in [-0.3, -0.25) is 0 Å². The molecule has 0 atom stereocenters. The summed E-state index contributed by atoms with van der Waals surface area (Å²) in [7, 11) is 0. The predicted octanol–water partition coefficient (Wildman–Crippen LogP) is 1.44. The summed E-state index contributed by atoms with van der Waals surface area (Å²) in [5.74, 6) is 1.85. The molecular formula is C12H21N5O. The highest BCUT2D eigenvalue weighted by atomic mass is 16.4. The topological polar surface area (TPSA) is 87.6 Å². The lowest BCUT2D eigenvalue weighted by molar-refractivity contribution is 0.317. The summed E-state index contributed by atoms with van der Waals surface area (Å²) in [5.41, 5.74) is 6.44. The zero-order valence-corrected chi connectivity index (χ0v) is 11.4. The van der Waals surface area contributed by atoms with Gasteiger partial charge in [-0.05, 0) is 27.7 Å². The zero-order valence-electron chi connectivity index (χ0n) is 11.4. The number of anilines is 1. The minimum atomic E-state index is 0.225. The third-order valence-corrected chi connectivity index (χ3v) is 2.61. The van der Waals surface area contributed by atoms with Gasteiger partial charge in [-0.2, -0.15) is 0 Å². The maximum absolute atomic E-state index is 8.56. The number of rotatable bonds is 5. The van der Waals surface area contributed by atoms with Crippen molar-refractivity contribution < 1.29 is 5.21 Å². The smallest absolute Gasteiger partial charge is 0.140 e. The molecule has 0 amide bonds. The van der Waals surface area contributed by atoms with Crippen LogP contribution in [0.4, 0.5) is 5.82 Å². The van der Waals surface area contributed by atoms with E-state index in [4.69, 9.17) is 10.9 Å². The first-order chi connectivity index (χ1) is 8.43. The molecule has 0 bridgehead atoms. The number of hydrogen-bond donors (Lipinski definition) is 2. The molecule has 0 aliphatic rings. The second kappa shape index (κ2) is 6.18. The monoisotopic (exact) mass is 251 g/mol. The number of nitrogens with two attached hydrogens (primary N) is 1. The molecule has 0 unspecified atom stereocenters. The van der Waals surface area contributed by atoms with Crippen LogP contribution in [0.15, 0.2) is 11.2 Å². The molecule has 0 radical (unpaired) electrons. The van der Waals surface area contributed by atoms with Gasteiger partial charge in [-0.25, -0.2) is 9.97 Å². The van der Waals surface area contributed by atoms with E-state index >= 15 is 0 Å². The van der Waals surface area contributed by atoms with Crippen molar-refractivity contribution in [3.63, 3.8) is 0 Å². The summed E-state index contributed by atoms with van der Waals surface area (Å²) < 4.78 is 0. The molecule has 0 saturated heterocycles. The van der Waals surface area contributed by atoms with Gasteiger partial charge in [0.25, 0.3) is 0 Å². The molecule has 6 nitrogen and oxygen atoms in total. The van der Waals surface area contributed by atoms with Gasteiger partial charge in [0, 0.05) is 30.8 Å². The Morgan fingerprint density at radius 2 is 2.11 bits per heavy atom. The fourth-order valence-corrected chi connectivity index (χ4v) is 1.77. The molecule has 0 aliphatic carbocycles. The zero-order chi connectivity index (χ0) is 13.7. The van der Waals surface area contributed by atoms with E-state index in [1.165, 1.54) is 0 Å². The van der Waals surface area contributed by atoms with E-state index in [0.717, 1.165) is 17.3 Å². The molecule has 0 fully saturated rings. The predicted molar refractivity (Wildman–Crippen MR) is 72.0 cm³/mol. The molecule has 1 rings (SSSR count). The molecule has 0 aliphatic heterocycles. The van der Waals surface area contributed by atoms with E-state index < -0.39 is 0 Å². The van der Waals surface area contributed by atoms with Crippen molar-refractivity contribution in [1.29, 1.82) is 0 Å². The van der Waals surface area contributed by atoms with Gasteiger partial charge >= 0.3 is 0 Å².